The summed E-state index contributed by atoms with van der Waals surface area (Å²) in [6.45, 7) is 6.42. The number of para-hydroxylation sites is 2. The van der Waals surface area contributed by atoms with E-state index in [0.29, 0.717) is 23.9 Å². The number of aryl methyl sites for hydroxylation is 1. The van der Waals surface area contributed by atoms with Crippen LogP contribution in [0.25, 0.3) is 0 Å². The highest BCUT2D eigenvalue weighted by Crippen LogP contribution is 2.35. The average molecular weight is 431 g/mol. The Balaban J connectivity index is 1.56. The minimum Gasteiger partial charge on any atom is -0.476 e. The Labute approximate surface area is 179 Å². The third kappa shape index (κ3) is 5.14. The largest absolute Gasteiger partial charge is 0.476 e. The van der Waals surface area contributed by atoms with Crippen LogP contribution >= 0.6 is 0 Å². The van der Waals surface area contributed by atoms with Gasteiger partial charge >= 0.3 is 0 Å². The van der Waals surface area contributed by atoms with Gasteiger partial charge in [0.05, 0.1) is 18.0 Å². The van der Waals surface area contributed by atoms with E-state index in [1.165, 1.54) is 15.4 Å². The van der Waals surface area contributed by atoms with E-state index in [0.717, 1.165) is 12.8 Å². The van der Waals surface area contributed by atoms with E-state index in [9.17, 15) is 13.2 Å². The molecule has 2 aromatic rings. The Hall–Kier alpha value is -2.54. The first kappa shape index (κ1) is 22.2. The lowest BCUT2D eigenvalue weighted by Crippen LogP contribution is -2.51. The topological polar surface area (TPSA) is 75.7 Å². The molecule has 0 radical (unpaired) electrons. The van der Waals surface area contributed by atoms with Crippen molar-refractivity contribution in [2.24, 2.45) is 0 Å². The lowest BCUT2D eigenvalue weighted by Gasteiger charge is -2.34. The van der Waals surface area contributed by atoms with Gasteiger partial charge in [-0.05, 0) is 48.9 Å². The van der Waals surface area contributed by atoms with Crippen LogP contribution in [0.2, 0.25) is 0 Å². The molecular weight excluding hydrogens is 400 g/mol. The van der Waals surface area contributed by atoms with Gasteiger partial charge in [0.25, 0.3) is 5.91 Å². The first-order chi connectivity index (χ1) is 14.3. The number of benzene rings is 2. The summed E-state index contributed by atoms with van der Waals surface area (Å²) < 4.78 is 32.1. The molecule has 0 fully saturated rings. The molecule has 6 nitrogen and oxygen atoms in total. The zero-order chi connectivity index (χ0) is 21.7. The Morgan fingerprint density at radius 3 is 2.53 bits per heavy atom. The van der Waals surface area contributed by atoms with E-state index in [4.69, 9.17) is 4.74 Å². The van der Waals surface area contributed by atoms with Crippen molar-refractivity contribution in [3.8, 4) is 5.75 Å². The number of amides is 1. The molecule has 2 aromatic carbocycles. The van der Waals surface area contributed by atoms with Crippen LogP contribution in [0.1, 0.15) is 44.2 Å². The van der Waals surface area contributed by atoms with E-state index in [2.05, 4.69) is 43.4 Å². The van der Waals surface area contributed by atoms with Crippen LogP contribution in [0.3, 0.4) is 0 Å². The zero-order valence-corrected chi connectivity index (χ0v) is 18.6. The fraction of sp³-hybridized carbons (Fsp3) is 0.435. The van der Waals surface area contributed by atoms with Crippen LogP contribution in [0.15, 0.2) is 48.5 Å². The fourth-order valence-electron chi connectivity index (χ4n) is 3.45. The molecule has 7 heteroatoms. The van der Waals surface area contributed by atoms with Gasteiger partial charge in [-0.2, -0.15) is 0 Å². The van der Waals surface area contributed by atoms with E-state index < -0.39 is 16.1 Å². The predicted molar refractivity (Wildman–Crippen MR) is 120 cm³/mol. The smallest absolute Gasteiger partial charge is 0.263 e. The monoisotopic (exact) mass is 430 g/mol. The molecule has 0 saturated heterocycles. The van der Waals surface area contributed by atoms with Crippen LogP contribution < -0.4 is 14.4 Å². The molecule has 162 valence electrons. The third-order valence-electron chi connectivity index (χ3n) is 5.32. The highest BCUT2D eigenvalue weighted by Gasteiger charge is 2.35. The van der Waals surface area contributed by atoms with Crippen molar-refractivity contribution in [3.05, 3.63) is 59.7 Å². The Bertz CT molecular complexity index is 971. The number of ether oxygens (including phenoxy) is 1. The Kier molecular flexibility index (Phi) is 7.02. The van der Waals surface area contributed by atoms with Gasteiger partial charge in [0.1, 0.15) is 5.75 Å². The Morgan fingerprint density at radius 1 is 1.17 bits per heavy atom. The fourth-order valence-corrected chi connectivity index (χ4v) is 4.57. The Morgan fingerprint density at radius 2 is 1.87 bits per heavy atom. The molecule has 0 bridgehead atoms. The van der Waals surface area contributed by atoms with Crippen LogP contribution in [0.4, 0.5) is 5.69 Å². The maximum atomic E-state index is 12.6. The minimum atomic E-state index is -3.50. The number of nitrogens with one attached hydrogen (secondary N) is 1. The summed E-state index contributed by atoms with van der Waals surface area (Å²) in [5, 5.41) is 2.89. The summed E-state index contributed by atoms with van der Waals surface area (Å²) in [4.78, 5) is 12.6. The van der Waals surface area contributed by atoms with Gasteiger partial charge < -0.3 is 10.1 Å². The van der Waals surface area contributed by atoms with Gasteiger partial charge in [-0.1, -0.05) is 50.2 Å². The lowest BCUT2D eigenvalue weighted by molar-refractivity contribution is -0.127. The van der Waals surface area contributed by atoms with Crippen molar-refractivity contribution in [2.75, 3.05) is 23.1 Å². The minimum absolute atomic E-state index is 0.0182. The number of fused-ring (bicyclic) bond motifs is 1. The van der Waals surface area contributed by atoms with Crippen molar-refractivity contribution < 1.29 is 17.9 Å². The number of nitrogens with zero attached hydrogens (tertiary/aromatic N) is 1. The van der Waals surface area contributed by atoms with E-state index in [1.807, 2.05) is 0 Å². The normalized spacial score (nSPS) is 16.1. The van der Waals surface area contributed by atoms with Gasteiger partial charge in [0.2, 0.25) is 10.0 Å². The second-order valence-electron chi connectivity index (χ2n) is 7.80. The zero-order valence-electron chi connectivity index (χ0n) is 17.8. The molecular formula is C23H30N2O4S. The van der Waals surface area contributed by atoms with Crippen molar-refractivity contribution >= 4 is 21.6 Å². The number of sulfonamides is 1. The summed E-state index contributed by atoms with van der Waals surface area (Å²) in [7, 11) is -3.50. The van der Waals surface area contributed by atoms with E-state index in [1.54, 1.807) is 31.2 Å². The number of hydrogen-bond acceptors (Lipinski definition) is 4. The van der Waals surface area contributed by atoms with E-state index >= 15 is 0 Å². The second-order valence-corrected chi connectivity index (χ2v) is 9.98. The van der Waals surface area contributed by atoms with Crippen LogP contribution in [0, 0.1) is 0 Å². The van der Waals surface area contributed by atoms with Crippen LogP contribution in [0.5, 0.6) is 5.75 Å². The van der Waals surface area contributed by atoms with Crippen molar-refractivity contribution in [1.82, 2.24) is 5.32 Å². The van der Waals surface area contributed by atoms with E-state index in [-0.39, 0.29) is 18.2 Å². The first-order valence-electron chi connectivity index (χ1n) is 10.4. The highest BCUT2D eigenvalue weighted by molar-refractivity contribution is 7.92. The number of anilines is 1. The van der Waals surface area contributed by atoms with Gasteiger partial charge in [-0.15, -0.1) is 0 Å². The summed E-state index contributed by atoms with van der Waals surface area (Å²) in [6.07, 6.45) is 0.794. The number of rotatable bonds is 8. The molecule has 0 saturated carbocycles. The lowest BCUT2D eigenvalue weighted by atomic mass is 10.0. The molecule has 1 unspecified atom stereocenters. The summed E-state index contributed by atoms with van der Waals surface area (Å²) >= 11 is 0. The molecule has 3 rings (SSSR count). The van der Waals surface area contributed by atoms with Gasteiger partial charge in [-0.25, -0.2) is 8.42 Å². The molecule has 1 heterocycles. The molecule has 1 N–H and O–H groups in total. The molecule has 0 spiro atoms. The second kappa shape index (κ2) is 9.51. The third-order valence-corrected chi connectivity index (χ3v) is 7.06. The number of carbonyl (C=O) groups is 1. The molecule has 30 heavy (non-hydrogen) atoms. The standard InChI is InChI=1S/C23H30N2O4S/c1-4-30(27,28)25-16-22(29-21-10-6-5-9-20(21)25)23(26)24-15-7-8-18-11-13-19(14-12-18)17(2)3/h5-6,9-14,17,22H,4,7-8,15-16H2,1-3H3,(H,24,26). The van der Waals surface area contributed by atoms with Gasteiger partial charge in [0.15, 0.2) is 6.10 Å². The van der Waals surface area contributed by atoms with Crippen LogP contribution in [-0.2, 0) is 21.2 Å². The van der Waals surface area contributed by atoms with Crippen molar-refractivity contribution in [3.63, 3.8) is 0 Å². The number of hydrogen-bond donors (Lipinski definition) is 1. The quantitative estimate of drug-likeness (QED) is 0.651. The first-order valence-corrected chi connectivity index (χ1v) is 12.1. The SMILES string of the molecule is CCS(=O)(=O)N1CC(C(=O)NCCCc2ccc(C(C)C)cc2)Oc2ccccc21. The molecule has 0 aliphatic carbocycles. The predicted octanol–water partition coefficient (Wildman–Crippen LogP) is 3.48. The van der Waals surface area contributed by atoms with Crippen LogP contribution in [-0.4, -0.2) is 39.3 Å². The summed E-state index contributed by atoms with van der Waals surface area (Å²) in [5.41, 5.74) is 3.03. The molecule has 1 amide bonds. The summed E-state index contributed by atoms with van der Waals surface area (Å²) in [6, 6.07) is 15.5. The number of carbonyl (C=O) groups excluding carboxylic acids is 1. The molecule has 1 atom stereocenters. The van der Waals surface area contributed by atoms with Gasteiger partial charge in [0, 0.05) is 6.54 Å². The highest BCUT2D eigenvalue weighted by atomic mass is 32.2. The van der Waals surface area contributed by atoms with Crippen molar-refractivity contribution in [2.45, 2.75) is 45.6 Å². The molecule has 0 aromatic heterocycles. The van der Waals surface area contributed by atoms with Crippen molar-refractivity contribution in [1.29, 1.82) is 0 Å². The summed E-state index contributed by atoms with van der Waals surface area (Å²) in [5.74, 6) is 0.586. The van der Waals surface area contributed by atoms with Gasteiger partial charge in [-0.3, -0.25) is 9.10 Å². The maximum absolute atomic E-state index is 12.6. The maximum Gasteiger partial charge on any atom is 0.263 e. The average Bonchev–Trinajstić information content (AvgIpc) is 2.76. The molecule has 1 aliphatic heterocycles. The molecule has 1 aliphatic rings.